The summed E-state index contributed by atoms with van der Waals surface area (Å²) >= 11 is 11.0. The van der Waals surface area contributed by atoms with Gasteiger partial charge in [-0.05, 0) is 40.5 Å². The van der Waals surface area contributed by atoms with Crippen molar-refractivity contribution in [1.29, 1.82) is 0 Å². The SMILES string of the molecule is COc1cc(C)c(-c2nc(Br)cs2)cc1Cl. The Bertz CT molecular complexity index is 527. The van der Waals surface area contributed by atoms with E-state index in [1.165, 1.54) is 0 Å². The van der Waals surface area contributed by atoms with E-state index in [0.717, 1.165) is 20.7 Å². The number of halogens is 2. The van der Waals surface area contributed by atoms with E-state index in [9.17, 15) is 0 Å². The minimum atomic E-state index is 0.606. The van der Waals surface area contributed by atoms with Crippen molar-refractivity contribution in [2.24, 2.45) is 0 Å². The second-order valence-corrected chi connectivity index (χ2v) is 5.35. The Hall–Kier alpha value is -0.580. The molecule has 0 unspecified atom stereocenters. The lowest BCUT2D eigenvalue weighted by molar-refractivity contribution is 0.415. The fraction of sp³-hybridized carbons (Fsp3) is 0.182. The molecule has 0 atom stereocenters. The molecule has 84 valence electrons. The Morgan fingerprint density at radius 2 is 2.19 bits per heavy atom. The number of methoxy groups -OCH3 is 1. The van der Waals surface area contributed by atoms with E-state index in [2.05, 4.69) is 20.9 Å². The quantitative estimate of drug-likeness (QED) is 0.811. The predicted molar refractivity (Wildman–Crippen MR) is 71.5 cm³/mol. The van der Waals surface area contributed by atoms with Crippen molar-refractivity contribution in [2.75, 3.05) is 7.11 Å². The van der Waals surface area contributed by atoms with Gasteiger partial charge in [-0.15, -0.1) is 11.3 Å². The first-order chi connectivity index (χ1) is 7.61. The molecule has 0 radical (unpaired) electrons. The monoisotopic (exact) mass is 317 g/mol. The van der Waals surface area contributed by atoms with E-state index < -0.39 is 0 Å². The normalized spacial score (nSPS) is 10.5. The number of benzene rings is 1. The van der Waals surface area contributed by atoms with Gasteiger partial charge in [0.1, 0.15) is 15.4 Å². The number of hydrogen-bond acceptors (Lipinski definition) is 3. The molecule has 0 amide bonds. The third kappa shape index (κ3) is 2.24. The topological polar surface area (TPSA) is 22.1 Å². The number of hydrogen-bond donors (Lipinski definition) is 0. The van der Waals surface area contributed by atoms with Crippen molar-refractivity contribution >= 4 is 38.9 Å². The van der Waals surface area contributed by atoms with Gasteiger partial charge in [0, 0.05) is 10.9 Å². The van der Waals surface area contributed by atoms with Crippen LogP contribution in [0.4, 0.5) is 0 Å². The van der Waals surface area contributed by atoms with Crippen LogP contribution >= 0.6 is 38.9 Å². The van der Waals surface area contributed by atoms with Gasteiger partial charge in [0.2, 0.25) is 0 Å². The average molecular weight is 319 g/mol. The number of aromatic nitrogens is 1. The lowest BCUT2D eigenvalue weighted by Crippen LogP contribution is -1.88. The molecule has 1 aromatic heterocycles. The smallest absolute Gasteiger partial charge is 0.137 e. The summed E-state index contributed by atoms with van der Waals surface area (Å²) in [5, 5.41) is 3.51. The molecule has 0 aliphatic rings. The van der Waals surface area contributed by atoms with Crippen LogP contribution in [-0.2, 0) is 0 Å². The molecule has 0 bridgehead atoms. The molecule has 0 N–H and O–H groups in total. The molecule has 2 aromatic rings. The third-order valence-corrected chi connectivity index (χ3v) is 4.09. The first kappa shape index (κ1) is 11.9. The zero-order chi connectivity index (χ0) is 11.7. The Morgan fingerprint density at radius 3 is 2.75 bits per heavy atom. The van der Waals surface area contributed by atoms with Crippen molar-refractivity contribution in [3.05, 3.63) is 32.7 Å². The summed E-state index contributed by atoms with van der Waals surface area (Å²) in [6.07, 6.45) is 0. The molecule has 1 heterocycles. The van der Waals surface area contributed by atoms with E-state index in [1.54, 1.807) is 18.4 Å². The highest BCUT2D eigenvalue weighted by Gasteiger charge is 2.10. The molecule has 0 fully saturated rings. The standard InChI is InChI=1S/C11H9BrClNOS/c1-6-3-9(15-2)8(13)4-7(6)11-14-10(12)5-16-11/h3-5H,1-2H3. The first-order valence-corrected chi connectivity index (χ1v) is 6.62. The second kappa shape index (κ2) is 4.73. The van der Waals surface area contributed by atoms with Gasteiger partial charge in [-0.1, -0.05) is 11.6 Å². The van der Waals surface area contributed by atoms with Crippen LogP contribution in [0, 0.1) is 6.92 Å². The lowest BCUT2D eigenvalue weighted by atomic mass is 10.1. The molecule has 1 aromatic carbocycles. The van der Waals surface area contributed by atoms with E-state index in [4.69, 9.17) is 16.3 Å². The van der Waals surface area contributed by atoms with Crippen molar-refractivity contribution in [3.63, 3.8) is 0 Å². The van der Waals surface area contributed by atoms with Crippen molar-refractivity contribution in [2.45, 2.75) is 6.92 Å². The highest BCUT2D eigenvalue weighted by Crippen LogP contribution is 2.35. The Labute approximate surface area is 111 Å². The highest BCUT2D eigenvalue weighted by atomic mass is 79.9. The van der Waals surface area contributed by atoms with E-state index in [1.807, 2.05) is 24.4 Å². The molecular weight excluding hydrogens is 310 g/mol. The fourth-order valence-corrected chi connectivity index (χ4v) is 3.00. The van der Waals surface area contributed by atoms with Crippen LogP contribution in [0.3, 0.4) is 0 Å². The summed E-state index contributed by atoms with van der Waals surface area (Å²) in [7, 11) is 1.61. The van der Waals surface area contributed by atoms with Crippen LogP contribution in [0.2, 0.25) is 5.02 Å². The number of nitrogens with zero attached hydrogens (tertiary/aromatic N) is 1. The largest absolute Gasteiger partial charge is 0.495 e. The zero-order valence-electron chi connectivity index (χ0n) is 8.75. The van der Waals surface area contributed by atoms with Gasteiger partial charge >= 0.3 is 0 Å². The molecule has 2 nitrogen and oxygen atoms in total. The van der Waals surface area contributed by atoms with Gasteiger partial charge in [-0.2, -0.15) is 0 Å². The van der Waals surface area contributed by atoms with Crippen LogP contribution < -0.4 is 4.74 Å². The summed E-state index contributed by atoms with van der Waals surface area (Å²) in [5.74, 6) is 0.693. The van der Waals surface area contributed by atoms with Gasteiger partial charge in [-0.3, -0.25) is 0 Å². The fourth-order valence-electron chi connectivity index (χ4n) is 1.42. The van der Waals surface area contributed by atoms with Gasteiger partial charge in [0.05, 0.1) is 12.1 Å². The van der Waals surface area contributed by atoms with Gasteiger partial charge in [0.15, 0.2) is 0 Å². The maximum atomic E-state index is 6.10. The lowest BCUT2D eigenvalue weighted by Gasteiger charge is -2.07. The van der Waals surface area contributed by atoms with Crippen LogP contribution in [-0.4, -0.2) is 12.1 Å². The number of rotatable bonds is 2. The second-order valence-electron chi connectivity index (χ2n) is 3.28. The summed E-state index contributed by atoms with van der Waals surface area (Å²) in [6, 6.07) is 3.81. The molecule has 0 saturated heterocycles. The highest BCUT2D eigenvalue weighted by molar-refractivity contribution is 9.10. The molecular formula is C11H9BrClNOS. The molecule has 16 heavy (non-hydrogen) atoms. The number of aryl methyl sites for hydroxylation is 1. The summed E-state index contributed by atoms with van der Waals surface area (Å²) in [6.45, 7) is 2.02. The molecule has 0 aliphatic heterocycles. The molecule has 2 rings (SSSR count). The summed E-state index contributed by atoms with van der Waals surface area (Å²) in [5.41, 5.74) is 2.14. The van der Waals surface area contributed by atoms with E-state index in [-0.39, 0.29) is 0 Å². The Balaban J connectivity index is 2.54. The van der Waals surface area contributed by atoms with E-state index >= 15 is 0 Å². The summed E-state index contributed by atoms with van der Waals surface area (Å²) < 4.78 is 6.01. The Kier molecular flexibility index (Phi) is 3.52. The van der Waals surface area contributed by atoms with Crippen LogP contribution in [0.1, 0.15) is 5.56 Å². The summed E-state index contributed by atoms with van der Waals surface area (Å²) in [4.78, 5) is 4.37. The maximum absolute atomic E-state index is 6.10. The predicted octanol–water partition coefficient (Wildman–Crippen LogP) is 4.54. The van der Waals surface area contributed by atoms with Gasteiger partial charge in [0.25, 0.3) is 0 Å². The van der Waals surface area contributed by atoms with Crippen LogP contribution in [0.15, 0.2) is 22.1 Å². The molecule has 5 heteroatoms. The minimum Gasteiger partial charge on any atom is -0.495 e. The molecule has 0 aliphatic carbocycles. The average Bonchev–Trinajstić information content (AvgIpc) is 2.67. The maximum Gasteiger partial charge on any atom is 0.137 e. The van der Waals surface area contributed by atoms with Gasteiger partial charge < -0.3 is 4.74 Å². The molecule has 0 spiro atoms. The van der Waals surface area contributed by atoms with Crippen LogP contribution in [0.5, 0.6) is 5.75 Å². The van der Waals surface area contributed by atoms with Crippen LogP contribution in [0.25, 0.3) is 10.6 Å². The molecule has 0 saturated carbocycles. The minimum absolute atomic E-state index is 0.606. The van der Waals surface area contributed by atoms with Crippen molar-refractivity contribution in [3.8, 4) is 16.3 Å². The van der Waals surface area contributed by atoms with Crippen molar-refractivity contribution < 1.29 is 4.74 Å². The van der Waals surface area contributed by atoms with Gasteiger partial charge in [-0.25, -0.2) is 4.98 Å². The van der Waals surface area contributed by atoms with Crippen molar-refractivity contribution in [1.82, 2.24) is 4.98 Å². The third-order valence-electron chi connectivity index (χ3n) is 2.21. The number of thiazole rings is 1. The zero-order valence-corrected chi connectivity index (χ0v) is 11.9. The van der Waals surface area contributed by atoms with E-state index in [0.29, 0.717) is 10.8 Å². The first-order valence-electron chi connectivity index (χ1n) is 4.57. The Morgan fingerprint density at radius 1 is 1.44 bits per heavy atom. The number of ether oxygens (including phenoxy) is 1.